The highest BCUT2D eigenvalue weighted by Gasteiger charge is 2.21. The lowest BCUT2D eigenvalue weighted by molar-refractivity contribution is 0.0457. The molecular formula is C15H26N2O2. The Labute approximate surface area is 115 Å². The predicted octanol–water partition coefficient (Wildman–Crippen LogP) is 2.03. The van der Waals surface area contributed by atoms with Gasteiger partial charge >= 0.3 is 0 Å². The van der Waals surface area contributed by atoms with Crippen LogP contribution in [0.25, 0.3) is 0 Å². The van der Waals surface area contributed by atoms with Crippen LogP contribution < -0.4 is 11.1 Å². The molecule has 0 heterocycles. The van der Waals surface area contributed by atoms with E-state index in [0.717, 1.165) is 11.3 Å². The van der Waals surface area contributed by atoms with Gasteiger partial charge in [-0.05, 0) is 43.5 Å². The molecule has 0 aromatic heterocycles. The van der Waals surface area contributed by atoms with Crippen molar-refractivity contribution in [2.45, 2.75) is 44.8 Å². The van der Waals surface area contributed by atoms with Gasteiger partial charge in [0.25, 0.3) is 0 Å². The van der Waals surface area contributed by atoms with Crippen LogP contribution in [0.15, 0.2) is 24.3 Å². The van der Waals surface area contributed by atoms with E-state index in [1.807, 2.05) is 38.1 Å². The molecule has 1 rings (SSSR count). The summed E-state index contributed by atoms with van der Waals surface area (Å²) in [4.78, 5) is 0. The Kier molecular flexibility index (Phi) is 6.28. The smallest absolute Gasteiger partial charge is 0.0814 e. The molecule has 0 aliphatic rings. The number of hydrogen-bond acceptors (Lipinski definition) is 4. The monoisotopic (exact) mass is 266 g/mol. The first-order valence-electron chi connectivity index (χ1n) is 6.99. The highest BCUT2D eigenvalue weighted by atomic mass is 16.3. The fourth-order valence-corrected chi connectivity index (χ4v) is 1.95. The van der Waals surface area contributed by atoms with Crippen molar-refractivity contribution < 1.29 is 10.2 Å². The Morgan fingerprint density at radius 2 is 2.00 bits per heavy atom. The summed E-state index contributed by atoms with van der Waals surface area (Å²) in [6.07, 6.45) is 1.46. The maximum atomic E-state index is 10.2. The van der Waals surface area contributed by atoms with Crippen LogP contribution in [-0.2, 0) is 0 Å². The molecule has 4 nitrogen and oxygen atoms in total. The number of aliphatic hydroxyl groups excluding tert-OH is 1. The first-order chi connectivity index (χ1) is 9.04. The first-order valence-corrected chi connectivity index (χ1v) is 6.99. The molecule has 5 N–H and O–H groups in total. The van der Waals surface area contributed by atoms with Gasteiger partial charge in [-0.15, -0.1) is 0 Å². The molecule has 4 heteroatoms. The summed E-state index contributed by atoms with van der Waals surface area (Å²) < 4.78 is 0. The van der Waals surface area contributed by atoms with E-state index in [1.54, 1.807) is 0 Å². The largest absolute Gasteiger partial charge is 0.388 e. The molecule has 108 valence electrons. The van der Waals surface area contributed by atoms with E-state index < -0.39 is 11.7 Å². The molecule has 0 amide bonds. The van der Waals surface area contributed by atoms with Gasteiger partial charge in [-0.25, -0.2) is 0 Å². The molecule has 0 aliphatic heterocycles. The van der Waals surface area contributed by atoms with Crippen molar-refractivity contribution in [3.05, 3.63) is 29.8 Å². The van der Waals surface area contributed by atoms with E-state index in [0.29, 0.717) is 32.4 Å². The zero-order valence-corrected chi connectivity index (χ0v) is 11.9. The first kappa shape index (κ1) is 16.0. The van der Waals surface area contributed by atoms with Gasteiger partial charge in [-0.2, -0.15) is 0 Å². The second-order valence-corrected chi connectivity index (χ2v) is 5.00. The van der Waals surface area contributed by atoms with Crippen molar-refractivity contribution in [3.8, 4) is 0 Å². The van der Waals surface area contributed by atoms with Crippen molar-refractivity contribution in [1.29, 1.82) is 0 Å². The lowest BCUT2D eigenvalue weighted by Gasteiger charge is -2.26. The molecule has 0 fully saturated rings. The predicted molar refractivity (Wildman–Crippen MR) is 79.1 cm³/mol. The van der Waals surface area contributed by atoms with E-state index >= 15 is 0 Å². The molecular weight excluding hydrogens is 240 g/mol. The number of nitrogens with one attached hydrogen (secondary N) is 1. The molecule has 0 saturated carbocycles. The summed E-state index contributed by atoms with van der Waals surface area (Å²) in [7, 11) is 0. The summed E-state index contributed by atoms with van der Waals surface area (Å²) in [5.41, 5.74) is 6.54. The minimum atomic E-state index is -0.675. The second kappa shape index (κ2) is 7.48. The van der Waals surface area contributed by atoms with Crippen molar-refractivity contribution in [3.63, 3.8) is 0 Å². The van der Waals surface area contributed by atoms with Crippen LogP contribution in [0.5, 0.6) is 0 Å². The summed E-state index contributed by atoms with van der Waals surface area (Å²) in [5, 5.41) is 23.4. The molecule has 0 spiro atoms. The number of benzene rings is 1. The van der Waals surface area contributed by atoms with Crippen molar-refractivity contribution in [1.82, 2.24) is 0 Å². The molecule has 0 aliphatic carbocycles. The normalized spacial score (nSPS) is 13.3. The van der Waals surface area contributed by atoms with E-state index in [4.69, 9.17) is 5.73 Å². The average Bonchev–Trinajstić information content (AvgIpc) is 2.45. The zero-order valence-electron chi connectivity index (χ0n) is 11.9. The van der Waals surface area contributed by atoms with Gasteiger partial charge in [0, 0.05) is 12.2 Å². The van der Waals surface area contributed by atoms with Gasteiger partial charge in [0.1, 0.15) is 0 Å². The van der Waals surface area contributed by atoms with Crippen molar-refractivity contribution in [2.75, 3.05) is 18.4 Å². The van der Waals surface area contributed by atoms with E-state index in [-0.39, 0.29) is 0 Å². The summed E-state index contributed by atoms with van der Waals surface area (Å²) in [6.45, 7) is 4.93. The van der Waals surface area contributed by atoms with Crippen LogP contribution >= 0.6 is 0 Å². The van der Waals surface area contributed by atoms with Crippen LogP contribution in [0.1, 0.15) is 44.8 Å². The van der Waals surface area contributed by atoms with E-state index in [9.17, 15) is 10.2 Å². The SMILES string of the molecule is CCC(O)(CC)CNc1cccc(C(O)CCN)c1. The quantitative estimate of drug-likeness (QED) is 0.580. The topological polar surface area (TPSA) is 78.5 Å². The van der Waals surface area contributed by atoms with Crippen LogP contribution in [0.4, 0.5) is 5.69 Å². The minimum absolute atomic E-state index is 0.463. The van der Waals surface area contributed by atoms with E-state index in [2.05, 4.69) is 5.32 Å². The van der Waals surface area contributed by atoms with Gasteiger partial charge in [0.2, 0.25) is 0 Å². The Morgan fingerprint density at radius 3 is 2.58 bits per heavy atom. The number of anilines is 1. The van der Waals surface area contributed by atoms with Gasteiger partial charge in [0.15, 0.2) is 0 Å². The maximum absolute atomic E-state index is 10.2. The summed E-state index contributed by atoms with van der Waals surface area (Å²) >= 11 is 0. The third kappa shape index (κ3) is 4.82. The lowest BCUT2D eigenvalue weighted by Crippen LogP contribution is -2.35. The molecule has 0 bridgehead atoms. The molecule has 19 heavy (non-hydrogen) atoms. The van der Waals surface area contributed by atoms with Crippen LogP contribution in [0, 0.1) is 0 Å². The number of aliphatic hydroxyl groups is 2. The molecule has 1 aromatic rings. The zero-order chi connectivity index (χ0) is 14.3. The third-order valence-corrected chi connectivity index (χ3v) is 3.65. The Bertz CT molecular complexity index is 378. The summed E-state index contributed by atoms with van der Waals surface area (Å²) in [6, 6.07) is 7.63. The van der Waals surface area contributed by atoms with Crippen molar-refractivity contribution in [2.24, 2.45) is 5.73 Å². The standard InChI is InChI=1S/C15H26N2O2/c1-3-15(19,4-2)11-17-13-7-5-6-12(10-13)14(18)8-9-16/h5-7,10,14,17-19H,3-4,8-9,11,16H2,1-2H3. The number of rotatable bonds is 8. The van der Waals surface area contributed by atoms with Gasteiger partial charge in [0.05, 0.1) is 11.7 Å². The van der Waals surface area contributed by atoms with Crippen molar-refractivity contribution >= 4 is 5.69 Å². The highest BCUT2D eigenvalue weighted by Crippen LogP contribution is 2.21. The second-order valence-electron chi connectivity index (χ2n) is 5.00. The fourth-order valence-electron chi connectivity index (χ4n) is 1.95. The Balaban J connectivity index is 2.67. The third-order valence-electron chi connectivity index (χ3n) is 3.65. The Hall–Kier alpha value is -1.10. The minimum Gasteiger partial charge on any atom is -0.388 e. The number of hydrogen-bond donors (Lipinski definition) is 4. The molecule has 1 atom stereocenters. The fraction of sp³-hybridized carbons (Fsp3) is 0.600. The average molecular weight is 266 g/mol. The number of nitrogens with two attached hydrogens (primary N) is 1. The van der Waals surface area contributed by atoms with Crippen LogP contribution in [-0.4, -0.2) is 28.9 Å². The van der Waals surface area contributed by atoms with Gasteiger partial charge in [-0.1, -0.05) is 26.0 Å². The van der Waals surface area contributed by atoms with E-state index in [1.165, 1.54) is 0 Å². The highest BCUT2D eigenvalue weighted by molar-refractivity contribution is 5.46. The Morgan fingerprint density at radius 1 is 1.32 bits per heavy atom. The van der Waals surface area contributed by atoms with Crippen LogP contribution in [0.3, 0.4) is 0 Å². The molecule has 0 saturated heterocycles. The van der Waals surface area contributed by atoms with Crippen LogP contribution in [0.2, 0.25) is 0 Å². The maximum Gasteiger partial charge on any atom is 0.0814 e. The lowest BCUT2D eigenvalue weighted by atomic mass is 9.97. The molecule has 1 unspecified atom stereocenters. The molecule has 1 aromatic carbocycles. The molecule has 0 radical (unpaired) electrons. The van der Waals surface area contributed by atoms with Gasteiger partial charge < -0.3 is 21.3 Å². The van der Waals surface area contributed by atoms with Gasteiger partial charge in [-0.3, -0.25) is 0 Å². The summed E-state index contributed by atoms with van der Waals surface area (Å²) in [5.74, 6) is 0.